The van der Waals surface area contributed by atoms with Crippen LogP contribution in [0.3, 0.4) is 0 Å². The molecule has 4 rings (SSSR count). The lowest BCUT2D eigenvalue weighted by Gasteiger charge is -2.11. The highest BCUT2D eigenvalue weighted by molar-refractivity contribution is 5.53. The number of ether oxygens (including phenoxy) is 1. The van der Waals surface area contributed by atoms with Crippen molar-refractivity contribution in [1.29, 1.82) is 0 Å². The summed E-state index contributed by atoms with van der Waals surface area (Å²) >= 11 is 0. The fraction of sp³-hybridized carbons (Fsp3) is 0.444. The van der Waals surface area contributed by atoms with Crippen LogP contribution in [-0.2, 0) is 17.8 Å². The number of nitrogens with one attached hydrogen (secondary N) is 1. The molecule has 1 aliphatic rings. The number of imidazole rings is 2. The van der Waals surface area contributed by atoms with Gasteiger partial charge in [0.15, 0.2) is 0 Å². The third-order valence-electron chi connectivity index (χ3n) is 4.52. The molecule has 0 bridgehead atoms. The molecular weight excluding hydrogens is 330 g/mol. The largest absolute Gasteiger partial charge is 0.376 e. The fourth-order valence-electron chi connectivity index (χ4n) is 3.08. The van der Waals surface area contributed by atoms with Crippen molar-refractivity contribution in [2.75, 3.05) is 18.5 Å². The summed E-state index contributed by atoms with van der Waals surface area (Å²) in [5.74, 6) is 1.45. The van der Waals surface area contributed by atoms with Gasteiger partial charge >= 0.3 is 0 Å². The highest BCUT2D eigenvalue weighted by atomic mass is 16.5. The van der Waals surface area contributed by atoms with Crippen LogP contribution in [0.4, 0.5) is 5.95 Å². The summed E-state index contributed by atoms with van der Waals surface area (Å²) in [5.41, 5.74) is 1.88. The maximum atomic E-state index is 5.60. The Bertz CT molecular complexity index is 833. The van der Waals surface area contributed by atoms with E-state index < -0.39 is 0 Å². The van der Waals surface area contributed by atoms with Crippen molar-refractivity contribution in [2.24, 2.45) is 0 Å². The number of anilines is 1. The van der Waals surface area contributed by atoms with E-state index in [2.05, 4.69) is 47.5 Å². The van der Waals surface area contributed by atoms with Gasteiger partial charge in [-0.25, -0.2) is 19.9 Å². The second-order valence-electron chi connectivity index (χ2n) is 6.39. The quantitative estimate of drug-likeness (QED) is 0.701. The molecule has 0 amide bonds. The highest BCUT2D eigenvalue weighted by Crippen LogP contribution is 2.18. The van der Waals surface area contributed by atoms with E-state index in [0.717, 1.165) is 49.6 Å². The Morgan fingerprint density at radius 2 is 2.12 bits per heavy atom. The number of rotatable bonds is 7. The van der Waals surface area contributed by atoms with Crippen LogP contribution in [-0.4, -0.2) is 48.3 Å². The van der Waals surface area contributed by atoms with Crippen LogP contribution in [0.2, 0.25) is 0 Å². The van der Waals surface area contributed by atoms with Crippen molar-refractivity contribution in [2.45, 2.75) is 39.0 Å². The maximum Gasteiger partial charge on any atom is 0.222 e. The first-order valence-corrected chi connectivity index (χ1v) is 9.01. The Labute approximate surface area is 152 Å². The molecule has 26 heavy (non-hydrogen) atoms. The van der Waals surface area contributed by atoms with Gasteiger partial charge in [-0.1, -0.05) is 0 Å². The lowest BCUT2D eigenvalue weighted by molar-refractivity contribution is 0.120. The van der Waals surface area contributed by atoms with Crippen LogP contribution < -0.4 is 5.32 Å². The molecule has 3 aromatic heterocycles. The molecular formula is C18H23N7O. The highest BCUT2D eigenvalue weighted by Gasteiger charge is 2.15. The minimum Gasteiger partial charge on any atom is -0.376 e. The van der Waals surface area contributed by atoms with Crippen LogP contribution in [0.5, 0.6) is 0 Å². The van der Waals surface area contributed by atoms with Crippen molar-refractivity contribution < 1.29 is 4.74 Å². The van der Waals surface area contributed by atoms with Gasteiger partial charge in [0.2, 0.25) is 5.95 Å². The molecule has 1 N–H and O–H groups in total. The van der Waals surface area contributed by atoms with Gasteiger partial charge in [-0.05, 0) is 19.8 Å². The molecule has 8 nitrogen and oxygen atoms in total. The standard InChI is InChI=1S/C18H23N7O/c1-2-24-11-15(23-13-24)12-25-6-5-19-17(25)14-8-20-18(21-9-14)22-10-16-4-3-7-26-16/h5-6,8-9,11,13,16H,2-4,7,10,12H2,1H3,(H,20,21,22). The van der Waals surface area contributed by atoms with E-state index in [1.54, 1.807) is 18.6 Å². The summed E-state index contributed by atoms with van der Waals surface area (Å²) in [6.45, 7) is 5.28. The van der Waals surface area contributed by atoms with E-state index in [1.807, 2.05) is 12.5 Å². The minimum atomic E-state index is 0.264. The minimum absolute atomic E-state index is 0.264. The first kappa shape index (κ1) is 16.7. The smallest absolute Gasteiger partial charge is 0.222 e. The molecule has 0 saturated carbocycles. The van der Waals surface area contributed by atoms with E-state index in [0.29, 0.717) is 12.5 Å². The van der Waals surface area contributed by atoms with Crippen LogP contribution in [0.1, 0.15) is 25.5 Å². The summed E-state index contributed by atoms with van der Waals surface area (Å²) in [5, 5.41) is 3.24. The molecule has 3 aromatic rings. The molecule has 1 saturated heterocycles. The summed E-state index contributed by atoms with van der Waals surface area (Å²) in [4.78, 5) is 17.7. The Hall–Kier alpha value is -2.74. The van der Waals surface area contributed by atoms with Crippen molar-refractivity contribution in [3.8, 4) is 11.4 Å². The molecule has 136 valence electrons. The monoisotopic (exact) mass is 353 g/mol. The molecule has 1 aliphatic heterocycles. The van der Waals surface area contributed by atoms with Gasteiger partial charge in [-0.3, -0.25) is 0 Å². The van der Waals surface area contributed by atoms with Gasteiger partial charge in [0.25, 0.3) is 0 Å². The summed E-state index contributed by atoms with van der Waals surface area (Å²) < 4.78 is 9.72. The van der Waals surface area contributed by atoms with E-state index in [4.69, 9.17) is 4.74 Å². The Kier molecular flexibility index (Phi) is 4.92. The first-order chi connectivity index (χ1) is 12.8. The van der Waals surface area contributed by atoms with Gasteiger partial charge in [0.1, 0.15) is 5.82 Å². The normalized spacial score (nSPS) is 16.9. The average Bonchev–Trinajstić information content (AvgIpc) is 3.43. The molecule has 1 unspecified atom stereocenters. The Morgan fingerprint density at radius 1 is 1.23 bits per heavy atom. The zero-order valence-electron chi connectivity index (χ0n) is 14.9. The predicted molar refractivity (Wildman–Crippen MR) is 97.7 cm³/mol. The van der Waals surface area contributed by atoms with Crippen molar-refractivity contribution in [3.05, 3.63) is 43.0 Å². The fourth-order valence-corrected chi connectivity index (χ4v) is 3.08. The van der Waals surface area contributed by atoms with Crippen LogP contribution in [0, 0.1) is 0 Å². The molecule has 0 aromatic carbocycles. The second-order valence-corrected chi connectivity index (χ2v) is 6.39. The van der Waals surface area contributed by atoms with Crippen molar-refractivity contribution >= 4 is 5.95 Å². The SMILES string of the molecule is CCn1cnc(Cn2ccnc2-c2cnc(NCC3CCCO3)nc2)c1. The van der Waals surface area contributed by atoms with Crippen molar-refractivity contribution in [3.63, 3.8) is 0 Å². The molecule has 0 spiro atoms. The lowest BCUT2D eigenvalue weighted by atomic mass is 10.2. The van der Waals surface area contributed by atoms with Gasteiger partial charge in [-0.15, -0.1) is 0 Å². The summed E-state index contributed by atoms with van der Waals surface area (Å²) in [7, 11) is 0. The zero-order chi connectivity index (χ0) is 17.8. The number of hydrogen-bond donors (Lipinski definition) is 1. The molecule has 0 aliphatic carbocycles. The lowest BCUT2D eigenvalue weighted by Crippen LogP contribution is -2.19. The molecule has 1 fully saturated rings. The topological polar surface area (TPSA) is 82.7 Å². The molecule has 0 radical (unpaired) electrons. The number of nitrogens with zero attached hydrogens (tertiary/aromatic N) is 6. The van der Waals surface area contributed by atoms with E-state index in [9.17, 15) is 0 Å². The van der Waals surface area contributed by atoms with Gasteiger partial charge in [0.05, 0.1) is 30.2 Å². The van der Waals surface area contributed by atoms with E-state index in [-0.39, 0.29) is 6.10 Å². The second kappa shape index (κ2) is 7.65. The maximum absolute atomic E-state index is 5.60. The zero-order valence-corrected chi connectivity index (χ0v) is 14.9. The van der Waals surface area contributed by atoms with Crippen LogP contribution >= 0.6 is 0 Å². The summed E-state index contributed by atoms with van der Waals surface area (Å²) in [6.07, 6.45) is 13.7. The third-order valence-corrected chi connectivity index (χ3v) is 4.52. The number of aryl methyl sites for hydroxylation is 1. The molecule has 1 atom stereocenters. The average molecular weight is 353 g/mol. The third kappa shape index (κ3) is 3.75. The van der Waals surface area contributed by atoms with Crippen LogP contribution in [0.25, 0.3) is 11.4 Å². The first-order valence-electron chi connectivity index (χ1n) is 9.01. The van der Waals surface area contributed by atoms with Gasteiger partial charge in [-0.2, -0.15) is 0 Å². The number of hydrogen-bond acceptors (Lipinski definition) is 6. The Balaban J connectivity index is 1.43. The van der Waals surface area contributed by atoms with Crippen LogP contribution in [0.15, 0.2) is 37.3 Å². The summed E-state index contributed by atoms with van der Waals surface area (Å²) in [6, 6.07) is 0. The van der Waals surface area contributed by atoms with Gasteiger partial charge in [0, 0.05) is 50.7 Å². The van der Waals surface area contributed by atoms with Crippen molar-refractivity contribution in [1.82, 2.24) is 29.1 Å². The Morgan fingerprint density at radius 3 is 2.85 bits per heavy atom. The van der Waals surface area contributed by atoms with Gasteiger partial charge < -0.3 is 19.2 Å². The van der Waals surface area contributed by atoms with E-state index in [1.165, 1.54) is 0 Å². The number of aromatic nitrogens is 6. The molecule has 8 heteroatoms. The molecule has 4 heterocycles. The predicted octanol–water partition coefficient (Wildman–Crippen LogP) is 2.20. The van der Waals surface area contributed by atoms with E-state index >= 15 is 0 Å².